The Kier molecular flexibility index (Phi) is 5.43. The van der Waals surface area contributed by atoms with Gasteiger partial charge in [-0.15, -0.1) is 0 Å². The lowest BCUT2D eigenvalue weighted by molar-refractivity contribution is 0.0935. The number of hydrogen-bond acceptors (Lipinski definition) is 2. The normalized spacial score (nSPS) is 11.9. The van der Waals surface area contributed by atoms with E-state index in [1.165, 1.54) is 0 Å². The van der Waals surface area contributed by atoms with Crippen LogP contribution in [0.5, 0.6) is 5.75 Å². The fourth-order valence-electron chi connectivity index (χ4n) is 2.84. The van der Waals surface area contributed by atoms with Crippen LogP contribution in [0, 0.1) is 20.8 Å². The zero-order valence-corrected chi connectivity index (χ0v) is 14.6. The molecule has 3 nitrogen and oxygen atoms in total. The first-order chi connectivity index (χ1) is 11.0. The van der Waals surface area contributed by atoms with Crippen LogP contribution >= 0.6 is 0 Å². The van der Waals surface area contributed by atoms with Crippen LogP contribution in [0.4, 0.5) is 0 Å². The van der Waals surface area contributed by atoms with Crippen LogP contribution in [0.1, 0.15) is 52.0 Å². The van der Waals surface area contributed by atoms with Crippen molar-refractivity contribution in [3.63, 3.8) is 0 Å². The predicted octanol–water partition coefficient (Wildman–Crippen LogP) is 4.50. The molecule has 0 saturated carbocycles. The second-order valence-corrected chi connectivity index (χ2v) is 5.98. The quantitative estimate of drug-likeness (QED) is 0.883. The minimum Gasteiger partial charge on any atom is -0.496 e. The van der Waals surface area contributed by atoms with Crippen molar-refractivity contribution in [2.45, 2.75) is 40.2 Å². The maximum atomic E-state index is 12.6. The first-order valence-electron chi connectivity index (χ1n) is 7.99. The standard InChI is InChI=1S/C20H25NO2/c1-6-18(16-8-10-19(23-5)15(4)12-16)21-20(22)17-9-7-13(2)11-14(17)3/h7-12,18H,6H2,1-5H3,(H,21,22). The van der Waals surface area contributed by atoms with Crippen molar-refractivity contribution >= 4 is 5.91 Å². The number of rotatable bonds is 5. The second kappa shape index (κ2) is 7.32. The summed E-state index contributed by atoms with van der Waals surface area (Å²) in [5, 5.41) is 3.14. The molecule has 2 aromatic carbocycles. The van der Waals surface area contributed by atoms with Crippen LogP contribution < -0.4 is 10.1 Å². The molecule has 1 unspecified atom stereocenters. The minimum atomic E-state index is -0.0252. The molecule has 0 spiro atoms. The van der Waals surface area contributed by atoms with Crippen molar-refractivity contribution in [3.8, 4) is 5.75 Å². The molecule has 1 amide bonds. The summed E-state index contributed by atoms with van der Waals surface area (Å²) in [7, 11) is 1.67. The van der Waals surface area contributed by atoms with Gasteiger partial charge in [-0.1, -0.05) is 36.8 Å². The molecule has 0 aliphatic heterocycles. The number of nitrogens with one attached hydrogen (secondary N) is 1. The fraction of sp³-hybridized carbons (Fsp3) is 0.350. The highest BCUT2D eigenvalue weighted by Crippen LogP contribution is 2.24. The third-order valence-electron chi connectivity index (χ3n) is 4.16. The smallest absolute Gasteiger partial charge is 0.252 e. The number of methoxy groups -OCH3 is 1. The molecule has 2 aromatic rings. The SMILES string of the molecule is CCC(NC(=O)c1ccc(C)cc1C)c1ccc(OC)c(C)c1. The van der Waals surface area contributed by atoms with Crippen LogP contribution in [-0.2, 0) is 0 Å². The third kappa shape index (κ3) is 3.92. The first kappa shape index (κ1) is 17.1. The van der Waals surface area contributed by atoms with Gasteiger partial charge in [0.2, 0.25) is 0 Å². The van der Waals surface area contributed by atoms with Crippen molar-refractivity contribution in [3.05, 3.63) is 64.2 Å². The van der Waals surface area contributed by atoms with E-state index in [0.717, 1.165) is 40.0 Å². The van der Waals surface area contributed by atoms with Crippen LogP contribution in [0.2, 0.25) is 0 Å². The molecule has 0 aromatic heterocycles. The highest BCUT2D eigenvalue weighted by Gasteiger charge is 2.16. The molecule has 1 N–H and O–H groups in total. The Bertz CT molecular complexity index is 707. The predicted molar refractivity (Wildman–Crippen MR) is 94.1 cm³/mol. The van der Waals surface area contributed by atoms with E-state index in [1.54, 1.807) is 7.11 Å². The lowest BCUT2D eigenvalue weighted by Gasteiger charge is -2.19. The molecule has 122 valence electrons. The average Bonchev–Trinajstić information content (AvgIpc) is 2.52. The van der Waals surface area contributed by atoms with Gasteiger partial charge in [0.15, 0.2) is 0 Å². The summed E-state index contributed by atoms with van der Waals surface area (Å²) in [4.78, 5) is 12.6. The third-order valence-corrected chi connectivity index (χ3v) is 4.16. The lowest BCUT2D eigenvalue weighted by Crippen LogP contribution is -2.28. The minimum absolute atomic E-state index is 0.00666. The van der Waals surface area contributed by atoms with Gasteiger partial charge in [-0.2, -0.15) is 0 Å². The number of carbonyl (C=O) groups is 1. The van der Waals surface area contributed by atoms with Crippen molar-refractivity contribution in [1.29, 1.82) is 0 Å². The molecule has 0 bridgehead atoms. The average molecular weight is 311 g/mol. The molecule has 0 fully saturated rings. The first-order valence-corrected chi connectivity index (χ1v) is 7.99. The number of ether oxygens (including phenoxy) is 1. The molecular weight excluding hydrogens is 286 g/mol. The van der Waals surface area contributed by atoms with Gasteiger partial charge < -0.3 is 10.1 Å². The summed E-state index contributed by atoms with van der Waals surface area (Å²) < 4.78 is 5.30. The summed E-state index contributed by atoms with van der Waals surface area (Å²) in [5.74, 6) is 0.840. The van der Waals surface area contributed by atoms with Crippen molar-refractivity contribution in [2.24, 2.45) is 0 Å². The highest BCUT2D eigenvalue weighted by atomic mass is 16.5. The number of benzene rings is 2. The topological polar surface area (TPSA) is 38.3 Å². The van der Waals surface area contributed by atoms with Crippen molar-refractivity contribution in [2.75, 3.05) is 7.11 Å². The Labute approximate surface area is 138 Å². The van der Waals surface area contributed by atoms with Gasteiger partial charge >= 0.3 is 0 Å². The number of aryl methyl sites for hydroxylation is 3. The Morgan fingerprint density at radius 1 is 1.09 bits per heavy atom. The van der Waals surface area contributed by atoms with Gasteiger partial charge in [-0.05, 0) is 56.0 Å². The van der Waals surface area contributed by atoms with Crippen LogP contribution in [0.3, 0.4) is 0 Å². The van der Waals surface area contributed by atoms with E-state index in [1.807, 2.05) is 51.1 Å². The molecule has 0 heterocycles. The number of carbonyl (C=O) groups excluding carboxylic acids is 1. The zero-order valence-electron chi connectivity index (χ0n) is 14.6. The molecule has 2 rings (SSSR count). The molecule has 0 saturated heterocycles. The second-order valence-electron chi connectivity index (χ2n) is 5.98. The van der Waals surface area contributed by atoms with Gasteiger partial charge in [0.25, 0.3) is 5.91 Å². The van der Waals surface area contributed by atoms with Crippen LogP contribution in [0.25, 0.3) is 0 Å². The highest BCUT2D eigenvalue weighted by molar-refractivity contribution is 5.95. The van der Waals surface area contributed by atoms with E-state index in [4.69, 9.17) is 4.74 Å². The Balaban J connectivity index is 2.21. The summed E-state index contributed by atoms with van der Waals surface area (Å²) in [5.41, 5.74) is 5.08. The largest absolute Gasteiger partial charge is 0.496 e. The van der Waals surface area contributed by atoms with E-state index in [0.29, 0.717) is 0 Å². The van der Waals surface area contributed by atoms with Gasteiger partial charge in [-0.25, -0.2) is 0 Å². The molecule has 0 aliphatic rings. The van der Waals surface area contributed by atoms with Crippen LogP contribution in [0.15, 0.2) is 36.4 Å². The van der Waals surface area contributed by atoms with Crippen molar-refractivity contribution in [1.82, 2.24) is 5.32 Å². The fourth-order valence-corrected chi connectivity index (χ4v) is 2.84. The van der Waals surface area contributed by atoms with Crippen LogP contribution in [-0.4, -0.2) is 13.0 Å². The maximum Gasteiger partial charge on any atom is 0.252 e. The summed E-state index contributed by atoms with van der Waals surface area (Å²) >= 11 is 0. The lowest BCUT2D eigenvalue weighted by atomic mass is 10.00. The molecule has 1 atom stereocenters. The maximum absolute atomic E-state index is 12.6. The molecular formula is C20H25NO2. The van der Waals surface area contributed by atoms with Gasteiger partial charge in [0, 0.05) is 5.56 Å². The van der Waals surface area contributed by atoms with E-state index in [-0.39, 0.29) is 11.9 Å². The van der Waals surface area contributed by atoms with Gasteiger partial charge in [-0.3, -0.25) is 4.79 Å². The van der Waals surface area contributed by atoms with E-state index < -0.39 is 0 Å². The summed E-state index contributed by atoms with van der Waals surface area (Å²) in [6, 6.07) is 11.9. The molecule has 3 heteroatoms. The monoisotopic (exact) mass is 311 g/mol. The van der Waals surface area contributed by atoms with Gasteiger partial charge in [0.05, 0.1) is 13.2 Å². The van der Waals surface area contributed by atoms with E-state index in [2.05, 4.69) is 18.3 Å². The Morgan fingerprint density at radius 3 is 2.39 bits per heavy atom. The number of hydrogen-bond donors (Lipinski definition) is 1. The van der Waals surface area contributed by atoms with Gasteiger partial charge in [0.1, 0.15) is 5.75 Å². The van der Waals surface area contributed by atoms with E-state index >= 15 is 0 Å². The summed E-state index contributed by atoms with van der Waals surface area (Å²) in [6.07, 6.45) is 0.836. The van der Waals surface area contributed by atoms with E-state index in [9.17, 15) is 4.79 Å². The zero-order chi connectivity index (χ0) is 17.0. The summed E-state index contributed by atoms with van der Waals surface area (Å²) in [6.45, 7) is 8.09. The molecule has 0 radical (unpaired) electrons. The number of amides is 1. The molecule has 23 heavy (non-hydrogen) atoms. The Morgan fingerprint density at radius 2 is 1.83 bits per heavy atom. The molecule has 0 aliphatic carbocycles. The van der Waals surface area contributed by atoms with Crippen molar-refractivity contribution < 1.29 is 9.53 Å². The Hall–Kier alpha value is -2.29.